The minimum absolute atomic E-state index is 0.0240. The van der Waals surface area contributed by atoms with Gasteiger partial charge in [-0.25, -0.2) is 4.39 Å². The van der Waals surface area contributed by atoms with Crippen LogP contribution in [0, 0.1) is 11.7 Å². The fourth-order valence-electron chi connectivity index (χ4n) is 2.96. The molecule has 0 aliphatic heterocycles. The summed E-state index contributed by atoms with van der Waals surface area (Å²) < 4.78 is 12.9. The lowest BCUT2D eigenvalue weighted by Crippen LogP contribution is -2.39. The predicted octanol–water partition coefficient (Wildman–Crippen LogP) is 3.08. The van der Waals surface area contributed by atoms with Crippen molar-refractivity contribution in [3.63, 3.8) is 0 Å². The summed E-state index contributed by atoms with van der Waals surface area (Å²) in [7, 11) is 0. The van der Waals surface area contributed by atoms with Gasteiger partial charge in [-0.3, -0.25) is 9.59 Å². The van der Waals surface area contributed by atoms with Crippen LogP contribution in [0.2, 0.25) is 0 Å². The van der Waals surface area contributed by atoms with Crippen molar-refractivity contribution in [2.45, 2.75) is 51.0 Å². The van der Waals surface area contributed by atoms with Crippen LogP contribution >= 0.6 is 0 Å². The van der Waals surface area contributed by atoms with E-state index in [2.05, 4.69) is 5.32 Å². The zero-order chi connectivity index (χ0) is 16.1. The van der Waals surface area contributed by atoms with Crippen molar-refractivity contribution in [2.24, 2.45) is 5.92 Å². The fraction of sp³-hybridized carbons (Fsp3) is 0.529. The second-order valence-corrected chi connectivity index (χ2v) is 6.11. The first-order chi connectivity index (χ1) is 10.5. The number of benzene rings is 1. The van der Waals surface area contributed by atoms with Crippen LogP contribution in [0.3, 0.4) is 0 Å². The molecule has 1 aliphatic carbocycles. The predicted molar refractivity (Wildman–Crippen MR) is 81.0 cm³/mol. The average Bonchev–Trinajstić information content (AvgIpc) is 2.48. The van der Waals surface area contributed by atoms with Gasteiger partial charge in [-0.1, -0.05) is 19.1 Å². The molecule has 22 heavy (non-hydrogen) atoms. The number of hydrogen-bond acceptors (Lipinski definition) is 2. The van der Waals surface area contributed by atoms with E-state index in [9.17, 15) is 14.0 Å². The normalized spacial score (nSPS) is 22.8. The number of carbonyl (C=O) groups excluding carboxylic acids is 1. The molecule has 1 amide bonds. The first-order valence-electron chi connectivity index (χ1n) is 7.73. The Morgan fingerprint density at radius 2 is 1.82 bits per heavy atom. The largest absolute Gasteiger partial charge is 0.481 e. The number of nitrogens with one attached hydrogen (secondary N) is 1. The van der Waals surface area contributed by atoms with Gasteiger partial charge in [-0.2, -0.15) is 0 Å². The Kier molecular flexibility index (Phi) is 5.52. The van der Waals surface area contributed by atoms with Crippen molar-refractivity contribution in [1.29, 1.82) is 0 Å². The fourth-order valence-corrected chi connectivity index (χ4v) is 2.96. The molecule has 0 heterocycles. The highest BCUT2D eigenvalue weighted by atomic mass is 19.1. The van der Waals surface area contributed by atoms with Gasteiger partial charge < -0.3 is 10.4 Å². The molecule has 0 aromatic heterocycles. The summed E-state index contributed by atoms with van der Waals surface area (Å²) >= 11 is 0. The Hall–Kier alpha value is -1.91. The molecule has 1 fully saturated rings. The monoisotopic (exact) mass is 307 g/mol. The summed E-state index contributed by atoms with van der Waals surface area (Å²) in [6.07, 6.45) is 3.02. The highest BCUT2D eigenvalue weighted by molar-refractivity contribution is 5.77. The van der Waals surface area contributed by atoms with Crippen LogP contribution in [-0.4, -0.2) is 23.0 Å². The Labute approximate surface area is 129 Å². The average molecular weight is 307 g/mol. The van der Waals surface area contributed by atoms with Gasteiger partial charge in [0.05, 0.1) is 5.92 Å². The molecule has 0 saturated heterocycles. The van der Waals surface area contributed by atoms with E-state index >= 15 is 0 Å². The molecule has 1 aliphatic rings. The van der Waals surface area contributed by atoms with E-state index in [1.165, 1.54) is 12.1 Å². The van der Waals surface area contributed by atoms with Crippen molar-refractivity contribution in [3.05, 3.63) is 35.6 Å². The van der Waals surface area contributed by atoms with Gasteiger partial charge in [0.1, 0.15) is 5.82 Å². The van der Waals surface area contributed by atoms with Gasteiger partial charge in [-0.05, 0) is 49.3 Å². The summed E-state index contributed by atoms with van der Waals surface area (Å²) in [4.78, 5) is 23.0. The highest BCUT2D eigenvalue weighted by Gasteiger charge is 2.26. The van der Waals surface area contributed by atoms with Gasteiger partial charge in [0.2, 0.25) is 5.91 Å². The molecule has 1 saturated carbocycles. The molecule has 2 rings (SSSR count). The zero-order valence-electron chi connectivity index (χ0n) is 12.7. The summed E-state index contributed by atoms with van der Waals surface area (Å²) in [5, 5.41) is 11.9. The first kappa shape index (κ1) is 16.5. The molecular formula is C17H22FNO3. The van der Waals surface area contributed by atoms with Gasteiger partial charge in [0.25, 0.3) is 0 Å². The number of aliphatic carboxylic acids is 1. The molecule has 0 bridgehead atoms. The van der Waals surface area contributed by atoms with Crippen molar-refractivity contribution < 1.29 is 19.1 Å². The number of hydrogen-bond donors (Lipinski definition) is 2. The first-order valence-corrected chi connectivity index (χ1v) is 7.73. The topological polar surface area (TPSA) is 66.4 Å². The van der Waals surface area contributed by atoms with Crippen LogP contribution in [0.5, 0.6) is 0 Å². The molecule has 0 radical (unpaired) electrons. The molecule has 4 nitrogen and oxygen atoms in total. The number of carboxylic acid groups (broad SMARTS) is 1. The van der Waals surface area contributed by atoms with Crippen LogP contribution in [-0.2, 0) is 9.59 Å². The second-order valence-electron chi connectivity index (χ2n) is 6.11. The third kappa shape index (κ3) is 4.55. The van der Waals surface area contributed by atoms with Gasteiger partial charge in [0, 0.05) is 12.5 Å². The summed E-state index contributed by atoms with van der Waals surface area (Å²) in [6.45, 7) is 1.94. The summed E-state index contributed by atoms with van der Waals surface area (Å²) in [5.74, 6) is -1.30. The van der Waals surface area contributed by atoms with Crippen LogP contribution in [0.25, 0.3) is 0 Å². The minimum atomic E-state index is -0.741. The van der Waals surface area contributed by atoms with Crippen LogP contribution in [0.4, 0.5) is 4.39 Å². The molecule has 1 unspecified atom stereocenters. The molecule has 1 aromatic rings. The van der Waals surface area contributed by atoms with Gasteiger partial charge >= 0.3 is 5.97 Å². The molecular weight excluding hydrogens is 285 g/mol. The summed E-state index contributed by atoms with van der Waals surface area (Å²) in [6, 6.07) is 6.27. The third-order valence-electron chi connectivity index (χ3n) is 4.37. The van der Waals surface area contributed by atoms with E-state index in [1.54, 1.807) is 12.1 Å². The molecule has 0 spiro atoms. The molecule has 1 aromatic carbocycles. The second kappa shape index (κ2) is 7.38. The maximum absolute atomic E-state index is 12.9. The van der Waals surface area contributed by atoms with Crippen LogP contribution < -0.4 is 5.32 Å². The number of halogens is 1. The zero-order valence-corrected chi connectivity index (χ0v) is 12.7. The SMILES string of the molecule is CC(CC(=O)NC1CCC(C(=O)O)CC1)c1ccc(F)cc1. The molecule has 120 valence electrons. The Bertz CT molecular complexity index is 521. The number of amides is 1. The molecule has 1 atom stereocenters. The lowest BCUT2D eigenvalue weighted by atomic mass is 9.86. The van der Waals surface area contributed by atoms with E-state index in [1.807, 2.05) is 6.92 Å². The van der Waals surface area contributed by atoms with E-state index in [0.29, 0.717) is 32.1 Å². The molecule has 2 N–H and O–H groups in total. The van der Waals surface area contributed by atoms with Crippen molar-refractivity contribution in [2.75, 3.05) is 0 Å². The molecule has 5 heteroatoms. The Balaban J connectivity index is 1.78. The van der Waals surface area contributed by atoms with E-state index in [-0.39, 0.29) is 29.6 Å². The standard InChI is InChI=1S/C17H22FNO3/c1-11(12-2-6-14(18)7-3-12)10-16(20)19-15-8-4-13(5-9-15)17(21)22/h2-3,6-7,11,13,15H,4-5,8-10H2,1H3,(H,19,20)(H,21,22). The quantitative estimate of drug-likeness (QED) is 0.878. The number of carbonyl (C=O) groups is 2. The van der Waals surface area contributed by atoms with Crippen molar-refractivity contribution >= 4 is 11.9 Å². The van der Waals surface area contributed by atoms with Crippen molar-refractivity contribution in [3.8, 4) is 0 Å². The van der Waals surface area contributed by atoms with Gasteiger partial charge in [-0.15, -0.1) is 0 Å². The maximum Gasteiger partial charge on any atom is 0.306 e. The van der Waals surface area contributed by atoms with Crippen LogP contribution in [0.1, 0.15) is 50.5 Å². The van der Waals surface area contributed by atoms with E-state index in [0.717, 1.165) is 5.56 Å². The smallest absolute Gasteiger partial charge is 0.306 e. The van der Waals surface area contributed by atoms with Crippen LogP contribution in [0.15, 0.2) is 24.3 Å². The number of carboxylic acids is 1. The van der Waals surface area contributed by atoms with E-state index < -0.39 is 5.97 Å². The summed E-state index contributed by atoms with van der Waals surface area (Å²) in [5.41, 5.74) is 0.936. The highest BCUT2D eigenvalue weighted by Crippen LogP contribution is 2.25. The minimum Gasteiger partial charge on any atom is -0.481 e. The third-order valence-corrected chi connectivity index (χ3v) is 4.37. The Morgan fingerprint density at radius 3 is 2.36 bits per heavy atom. The maximum atomic E-state index is 12.9. The van der Waals surface area contributed by atoms with Gasteiger partial charge in [0.15, 0.2) is 0 Å². The van der Waals surface area contributed by atoms with Crippen molar-refractivity contribution in [1.82, 2.24) is 5.32 Å². The lowest BCUT2D eigenvalue weighted by Gasteiger charge is -2.27. The van der Waals surface area contributed by atoms with E-state index in [4.69, 9.17) is 5.11 Å². The number of rotatable bonds is 5. The lowest BCUT2D eigenvalue weighted by molar-refractivity contribution is -0.142. The Morgan fingerprint density at radius 1 is 1.23 bits per heavy atom.